The van der Waals surface area contributed by atoms with Crippen LogP contribution >= 0.6 is 0 Å². The molecule has 0 aromatic heterocycles. The number of benzene rings is 3. The van der Waals surface area contributed by atoms with Gasteiger partial charge in [-0.2, -0.15) is 0 Å². The number of carbonyl (C=O) groups is 4. The van der Waals surface area contributed by atoms with Gasteiger partial charge in [-0.3, -0.25) is 24.1 Å². The number of fused-ring (bicyclic) bond motifs is 1. The van der Waals surface area contributed by atoms with Crippen LogP contribution in [0.25, 0.3) is 0 Å². The minimum Gasteiger partial charge on any atom is -0.333 e. The molecule has 0 N–H and O–H groups in total. The minimum atomic E-state index is -1.18. The van der Waals surface area contributed by atoms with Gasteiger partial charge in [0.1, 0.15) is 13.2 Å². The van der Waals surface area contributed by atoms with E-state index < -0.39 is 53.2 Å². The summed E-state index contributed by atoms with van der Waals surface area (Å²) in [6.07, 6.45) is 0.345. The summed E-state index contributed by atoms with van der Waals surface area (Å²) in [6, 6.07) is 16.5. The molecule has 210 valence electrons. The Balaban J connectivity index is 1.72. The number of imide groups is 1. The maximum atomic E-state index is 13.6. The van der Waals surface area contributed by atoms with Crippen molar-refractivity contribution in [2.24, 2.45) is 0 Å². The highest BCUT2D eigenvalue weighted by atomic mass is 17.0. The average Bonchev–Trinajstić information content (AvgIpc) is 3.21. The average molecular weight is 562 g/mol. The zero-order chi connectivity index (χ0) is 29.7. The second-order valence-electron chi connectivity index (χ2n) is 8.89. The van der Waals surface area contributed by atoms with Crippen molar-refractivity contribution in [3.8, 4) is 0 Å². The van der Waals surface area contributed by atoms with Crippen molar-refractivity contribution in [3.63, 3.8) is 0 Å². The van der Waals surface area contributed by atoms with Crippen LogP contribution in [0.5, 0.6) is 0 Å². The second kappa shape index (κ2) is 12.0. The summed E-state index contributed by atoms with van der Waals surface area (Å²) in [5.74, 6) is -2.45. The molecule has 3 aromatic rings. The van der Waals surface area contributed by atoms with E-state index in [1.54, 1.807) is 60.7 Å². The summed E-state index contributed by atoms with van der Waals surface area (Å²) >= 11 is 0. The normalized spacial score (nSPS) is 13.6. The molecule has 14 nitrogen and oxygen atoms in total. The van der Waals surface area contributed by atoms with Crippen LogP contribution in [0.4, 0.5) is 0 Å². The van der Waals surface area contributed by atoms with Crippen molar-refractivity contribution < 1.29 is 39.0 Å². The molecule has 0 fully saturated rings. The number of hydrogen-bond acceptors (Lipinski definition) is 10. The molecule has 0 bridgehead atoms. The molecule has 0 spiro atoms. The smallest absolute Gasteiger partial charge is 0.294 e. The molecule has 0 radical (unpaired) electrons. The third-order valence-electron chi connectivity index (χ3n) is 6.59. The maximum absolute atomic E-state index is 13.6. The van der Waals surface area contributed by atoms with Gasteiger partial charge in [0, 0.05) is 12.6 Å². The third-order valence-corrected chi connectivity index (χ3v) is 6.59. The first-order chi connectivity index (χ1) is 19.6. The number of aldehydes is 1. The number of hydrogen-bond donors (Lipinski definition) is 0. The van der Waals surface area contributed by atoms with Gasteiger partial charge < -0.3 is 14.6 Å². The SMILES string of the molecule is CN(C(=O)c1cc2c(cc1C=O)C(=O)N(C(CO[N+](=O)[O-])c1ccccc1)C2=O)C(CO[N+](=O)[O-])c1ccccc1. The Hall–Kier alpha value is -5.66. The van der Waals surface area contributed by atoms with E-state index in [9.17, 15) is 39.4 Å². The van der Waals surface area contributed by atoms with Crippen LogP contribution in [0.15, 0.2) is 72.8 Å². The van der Waals surface area contributed by atoms with Crippen molar-refractivity contribution in [3.05, 3.63) is 126 Å². The van der Waals surface area contributed by atoms with Gasteiger partial charge in [-0.15, -0.1) is 20.2 Å². The zero-order valence-corrected chi connectivity index (χ0v) is 21.4. The number of amides is 3. The highest BCUT2D eigenvalue weighted by Crippen LogP contribution is 2.34. The quantitative estimate of drug-likeness (QED) is 0.138. The molecule has 0 saturated heterocycles. The molecule has 0 saturated carbocycles. The third kappa shape index (κ3) is 5.85. The van der Waals surface area contributed by atoms with E-state index in [0.29, 0.717) is 17.4 Å². The monoisotopic (exact) mass is 562 g/mol. The van der Waals surface area contributed by atoms with E-state index >= 15 is 0 Å². The molecule has 1 aliphatic heterocycles. The molecule has 1 aliphatic rings. The molecule has 2 unspecified atom stereocenters. The van der Waals surface area contributed by atoms with Crippen LogP contribution < -0.4 is 0 Å². The Morgan fingerprint density at radius 2 is 1.39 bits per heavy atom. The van der Waals surface area contributed by atoms with Crippen LogP contribution in [-0.2, 0) is 9.68 Å². The number of carbonyl (C=O) groups excluding carboxylic acids is 4. The van der Waals surface area contributed by atoms with E-state index in [4.69, 9.17) is 0 Å². The van der Waals surface area contributed by atoms with Crippen molar-refractivity contribution in [1.29, 1.82) is 0 Å². The summed E-state index contributed by atoms with van der Waals surface area (Å²) in [7, 11) is 1.35. The fraction of sp³-hybridized carbons (Fsp3) is 0.185. The lowest BCUT2D eigenvalue weighted by Gasteiger charge is -2.28. The lowest BCUT2D eigenvalue weighted by molar-refractivity contribution is -0.759. The van der Waals surface area contributed by atoms with Gasteiger partial charge in [0.05, 0.1) is 28.8 Å². The van der Waals surface area contributed by atoms with Crippen molar-refractivity contribution in [2.45, 2.75) is 12.1 Å². The highest BCUT2D eigenvalue weighted by molar-refractivity contribution is 6.23. The highest BCUT2D eigenvalue weighted by Gasteiger charge is 2.42. The molecule has 4 rings (SSSR count). The Morgan fingerprint density at radius 1 is 0.878 bits per heavy atom. The first kappa shape index (κ1) is 28.4. The van der Waals surface area contributed by atoms with E-state index in [0.717, 1.165) is 21.9 Å². The second-order valence-corrected chi connectivity index (χ2v) is 8.89. The summed E-state index contributed by atoms with van der Waals surface area (Å²) < 4.78 is 0. The molecule has 2 atom stereocenters. The van der Waals surface area contributed by atoms with Gasteiger partial charge in [-0.25, -0.2) is 0 Å². The van der Waals surface area contributed by atoms with E-state index in [2.05, 4.69) is 9.68 Å². The molecule has 3 amide bonds. The summed E-state index contributed by atoms with van der Waals surface area (Å²) in [5.41, 5.74) is 0.0826. The maximum Gasteiger partial charge on any atom is 0.294 e. The number of rotatable bonds is 12. The Bertz CT molecular complexity index is 1510. The van der Waals surface area contributed by atoms with Gasteiger partial charge in [0.25, 0.3) is 27.9 Å². The van der Waals surface area contributed by atoms with Gasteiger partial charge in [0.2, 0.25) is 0 Å². The van der Waals surface area contributed by atoms with Crippen LogP contribution in [0.1, 0.15) is 64.6 Å². The minimum absolute atomic E-state index is 0.172. The molecule has 1 heterocycles. The molecule has 14 heteroatoms. The predicted molar refractivity (Wildman–Crippen MR) is 139 cm³/mol. The fourth-order valence-electron chi connectivity index (χ4n) is 4.58. The first-order valence-electron chi connectivity index (χ1n) is 12.1. The summed E-state index contributed by atoms with van der Waals surface area (Å²) in [5, 5.41) is 19.7. The lowest BCUT2D eigenvalue weighted by atomic mass is 9.98. The number of likely N-dealkylation sites (N-methyl/N-ethyl adjacent to an activating group) is 1. The fourth-order valence-corrected chi connectivity index (χ4v) is 4.58. The van der Waals surface area contributed by atoms with Gasteiger partial charge in [-0.1, -0.05) is 60.7 Å². The van der Waals surface area contributed by atoms with Gasteiger partial charge in [-0.05, 0) is 23.3 Å². The number of nitrogens with zero attached hydrogens (tertiary/aromatic N) is 4. The van der Waals surface area contributed by atoms with Crippen LogP contribution in [-0.4, -0.2) is 64.2 Å². The summed E-state index contributed by atoms with van der Waals surface area (Å²) in [4.78, 5) is 85.3. The van der Waals surface area contributed by atoms with Crippen molar-refractivity contribution >= 4 is 24.0 Å². The van der Waals surface area contributed by atoms with Gasteiger partial charge in [0.15, 0.2) is 6.29 Å². The molecule has 0 aliphatic carbocycles. The summed E-state index contributed by atoms with van der Waals surface area (Å²) in [6.45, 7) is -1.16. The van der Waals surface area contributed by atoms with E-state index in [-0.39, 0.29) is 22.3 Å². The van der Waals surface area contributed by atoms with Crippen LogP contribution in [0.3, 0.4) is 0 Å². The molecular weight excluding hydrogens is 540 g/mol. The zero-order valence-electron chi connectivity index (χ0n) is 21.4. The first-order valence-corrected chi connectivity index (χ1v) is 12.1. The van der Waals surface area contributed by atoms with E-state index in [1.807, 2.05) is 0 Å². The lowest BCUT2D eigenvalue weighted by Crippen LogP contribution is -2.37. The van der Waals surface area contributed by atoms with Crippen molar-refractivity contribution in [2.75, 3.05) is 20.3 Å². The van der Waals surface area contributed by atoms with Gasteiger partial charge >= 0.3 is 0 Å². The van der Waals surface area contributed by atoms with Crippen molar-refractivity contribution in [1.82, 2.24) is 9.80 Å². The molecular formula is C27H22N4O10. The van der Waals surface area contributed by atoms with E-state index in [1.165, 1.54) is 7.05 Å². The molecule has 41 heavy (non-hydrogen) atoms. The Kier molecular flexibility index (Phi) is 8.32. The largest absolute Gasteiger partial charge is 0.333 e. The van der Waals surface area contributed by atoms with Crippen LogP contribution in [0.2, 0.25) is 0 Å². The topological polar surface area (TPSA) is 179 Å². The standard InChI is InChI=1S/C27H22N4O10/c1-28(23(15-40-30(36)37)17-8-4-2-5-9-17)25(33)20-13-22-21(12-19(20)14-32)26(34)29(27(22)35)24(16-41-31(38)39)18-10-6-3-7-11-18/h2-14,23-24H,15-16H2,1H3. The molecule has 3 aromatic carbocycles. The predicted octanol–water partition coefficient (Wildman–Crippen LogP) is 3.07. The van der Waals surface area contributed by atoms with Crippen LogP contribution in [0, 0.1) is 20.2 Å². The Labute approximate surface area is 231 Å². The Morgan fingerprint density at radius 3 is 1.93 bits per heavy atom.